The first-order valence-electron chi connectivity index (χ1n) is 8.98. The highest BCUT2D eigenvalue weighted by Crippen LogP contribution is 2.33. The van der Waals surface area contributed by atoms with E-state index in [4.69, 9.17) is 5.10 Å². The highest BCUT2D eigenvalue weighted by molar-refractivity contribution is 5.93. The van der Waals surface area contributed by atoms with Gasteiger partial charge in [0.25, 0.3) is 5.91 Å². The van der Waals surface area contributed by atoms with Gasteiger partial charge in [0.15, 0.2) is 0 Å². The van der Waals surface area contributed by atoms with Crippen LogP contribution in [0.15, 0.2) is 55.1 Å². The van der Waals surface area contributed by atoms with Gasteiger partial charge in [-0.15, -0.1) is 0 Å². The number of rotatable bonds is 5. The van der Waals surface area contributed by atoms with Gasteiger partial charge in [-0.1, -0.05) is 12.8 Å². The summed E-state index contributed by atoms with van der Waals surface area (Å²) in [6.07, 6.45) is 11.6. The van der Waals surface area contributed by atoms with Crippen molar-refractivity contribution >= 4 is 5.91 Å². The van der Waals surface area contributed by atoms with Crippen molar-refractivity contribution in [3.05, 3.63) is 66.4 Å². The molecule has 3 heterocycles. The summed E-state index contributed by atoms with van der Waals surface area (Å²) in [6.45, 7) is 0.394. The predicted octanol–water partition coefficient (Wildman–Crippen LogP) is 3.39. The van der Waals surface area contributed by atoms with Crippen LogP contribution in [0.3, 0.4) is 0 Å². The molecule has 0 aliphatic heterocycles. The minimum atomic E-state index is -0.140. The second-order valence-electron chi connectivity index (χ2n) is 6.56. The zero-order valence-corrected chi connectivity index (χ0v) is 14.5. The van der Waals surface area contributed by atoms with E-state index in [-0.39, 0.29) is 5.91 Å². The number of hydrogen-bond acceptors (Lipinski definition) is 4. The summed E-state index contributed by atoms with van der Waals surface area (Å²) >= 11 is 0. The second kappa shape index (κ2) is 7.47. The van der Waals surface area contributed by atoms with Crippen LogP contribution in [0.4, 0.5) is 0 Å². The van der Waals surface area contributed by atoms with Gasteiger partial charge in [0.05, 0.1) is 29.5 Å². The Labute approximate surface area is 152 Å². The first-order valence-corrected chi connectivity index (χ1v) is 8.98. The molecule has 0 radical (unpaired) electrons. The van der Waals surface area contributed by atoms with Crippen LogP contribution in [0.2, 0.25) is 0 Å². The Bertz CT molecular complexity index is 870. The Morgan fingerprint density at radius 2 is 1.92 bits per heavy atom. The van der Waals surface area contributed by atoms with Crippen molar-refractivity contribution in [1.82, 2.24) is 25.1 Å². The summed E-state index contributed by atoms with van der Waals surface area (Å²) < 4.78 is 2.13. The predicted molar refractivity (Wildman–Crippen MR) is 98.4 cm³/mol. The summed E-state index contributed by atoms with van der Waals surface area (Å²) in [5.74, 6) is -0.140. The van der Waals surface area contributed by atoms with Crippen LogP contribution in [0.5, 0.6) is 0 Å². The van der Waals surface area contributed by atoms with Gasteiger partial charge in [-0.2, -0.15) is 5.10 Å². The van der Waals surface area contributed by atoms with Crippen LogP contribution in [0.1, 0.15) is 47.8 Å². The first kappa shape index (κ1) is 16.4. The third-order valence-electron chi connectivity index (χ3n) is 4.79. The maximum absolute atomic E-state index is 12.2. The molecule has 132 valence electrons. The molecule has 6 nitrogen and oxygen atoms in total. The van der Waals surface area contributed by atoms with Crippen molar-refractivity contribution < 1.29 is 4.79 Å². The molecule has 3 aromatic rings. The standard InChI is InChI=1S/C20H21N5O/c26-20(16-4-3-9-22-13-16)23-14-17-12-19(15-7-10-21-11-8-15)25(24-17)18-5-1-2-6-18/h3-4,7-13,18H,1-2,5-6,14H2,(H,23,26). The summed E-state index contributed by atoms with van der Waals surface area (Å²) in [5.41, 5.74) is 3.60. The number of pyridine rings is 2. The van der Waals surface area contributed by atoms with E-state index in [0.29, 0.717) is 18.2 Å². The van der Waals surface area contributed by atoms with Crippen LogP contribution in [-0.2, 0) is 6.54 Å². The summed E-state index contributed by atoms with van der Waals surface area (Å²) in [7, 11) is 0. The lowest BCUT2D eigenvalue weighted by Crippen LogP contribution is -2.23. The fourth-order valence-electron chi connectivity index (χ4n) is 3.47. The summed E-state index contributed by atoms with van der Waals surface area (Å²) in [6, 6.07) is 10.0. The summed E-state index contributed by atoms with van der Waals surface area (Å²) in [4.78, 5) is 20.3. The van der Waals surface area contributed by atoms with Crippen LogP contribution in [0, 0.1) is 0 Å². The lowest BCUT2D eigenvalue weighted by atomic mass is 10.1. The molecule has 0 atom stereocenters. The van der Waals surface area contributed by atoms with E-state index in [0.717, 1.165) is 29.8 Å². The smallest absolute Gasteiger partial charge is 0.253 e. The number of carbonyl (C=O) groups excluding carboxylic acids is 1. The molecule has 4 rings (SSSR count). The zero-order valence-electron chi connectivity index (χ0n) is 14.5. The Hall–Kier alpha value is -3.02. The SMILES string of the molecule is O=C(NCc1cc(-c2ccncc2)n(C2CCCC2)n1)c1cccnc1. The number of aromatic nitrogens is 4. The van der Waals surface area contributed by atoms with Crippen LogP contribution in [-0.4, -0.2) is 25.7 Å². The minimum Gasteiger partial charge on any atom is -0.346 e. The molecule has 3 aromatic heterocycles. The lowest BCUT2D eigenvalue weighted by molar-refractivity contribution is 0.0950. The van der Waals surface area contributed by atoms with E-state index in [1.807, 2.05) is 12.1 Å². The topological polar surface area (TPSA) is 72.7 Å². The average molecular weight is 347 g/mol. The quantitative estimate of drug-likeness (QED) is 0.768. The van der Waals surface area contributed by atoms with Crippen molar-refractivity contribution in [2.75, 3.05) is 0 Å². The Kier molecular flexibility index (Phi) is 4.73. The molecule has 0 aromatic carbocycles. The van der Waals surface area contributed by atoms with Gasteiger partial charge < -0.3 is 5.32 Å². The van der Waals surface area contributed by atoms with Gasteiger partial charge in [-0.3, -0.25) is 19.4 Å². The van der Waals surface area contributed by atoms with Crippen molar-refractivity contribution in [2.24, 2.45) is 0 Å². The fourth-order valence-corrected chi connectivity index (χ4v) is 3.47. The van der Waals surface area contributed by atoms with Crippen LogP contribution in [0.25, 0.3) is 11.3 Å². The first-order chi connectivity index (χ1) is 12.8. The molecular formula is C20H21N5O. The zero-order chi connectivity index (χ0) is 17.8. The van der Waals surface area contributed by atoms with Crippen molar-refractivity contribution in [1.29, 1.82) is 0 Å². The number of amides is 1. The molecule has 0 spiro atoms. The molecule has 0 unspecified atom stereocenters. The van der Waals surface area contributed by atoms with Gasteiger partial charge in [0, 0.05) is 30.4 Å². The fraction of sp³-hybridized carbons (Fsp3) is 0.300. The van der Waals surface area contributed by atoms with E-state index in [1.54, 1.807) is 36.9 Å². The number of hydrogen-bond donors (Lipinski definition) is 1. The van der Waals surface area contributed by atoms with Crippen molar-refractivity contribution in [2.45, 2.75) is 38.3 Å². The highest BCUT2D eigenvalue weighted by atomic mass is 16.1. The average Bonchev–Trinajstić information content (AvgIpc) is 3.37. The largest absolute Gasteiger partial charge is 0.346 e. The molecule has 1 N–H and O–H groups in total. The monoisotopic (exact) mass is 347 g/mol. The molecule has 1 aliphatic carbocycles. The van der Waals surface area contributed by atoms with Crippen molar-refractivity contribution in [3.63, 3.8) is 0 Å². The van der Waals surface area contributed by atoms with Gasteiger partial charge in [-0.25, -0.2) is 0 Å². The van der Waals surface area contributed by atoms with Gasteiger partial charge in [-0.05, 0) is 43.2 Å². The Morgan fingerprint density at radius 3 is 2.65 bits per heavy atom. The maximum atomic E-state index is 12.2. The molecule has 1 aliphatic rings. The van der Waals surface area contributed by atoms with E-state index >= 15 is 0 Å². The van der Waals surface area contributed by atoms with Crippen LogP contribution >= 0.6 is 0 Å². The van der Waals surface area contributed by atoms with E-state index in [2.05, 4.69) is 26.0 Å². The normalized spacial score (nSPS) is 14.5. The van der Waals surface area contributed by atoms with Crippen molar-refractivity contribution in [3.8, 4) is 11.3 Å². The molecule has 1 saturated carbocycles. The molecule has 26 heavy (non-hydrogen) atoms. The molecule has 0 bridgehead atoms. The molecule has 1 amide bonds. The third kappa shape index (κ3) is 3.49. The number of nitrogens with one attached hydrogen (secondary N) is 1. The maximum Gasteiger partial charge on any atom is 0.253 e. The van der Waals surface area contributed by atoms with Crippen LogP contribution < -0.4 is 5.32 Å². The molecule has 1 fully saturated rings. The van der Waals surface area contributed by atoms with Gasteiger partial charge in [0.1, 0.15) is 0 Å². The van der Waals surface area contributed by atoms with Gasteiger partial charge in [0.2, 0.25) is 0 Å². The second-order valence-corrected chi connectivity index (χ2v) is 6.56. The highest BCUT2D eigenvalue weighted by Gasteiger charge is 2.22. The lowest BCUT2D eigenvalue weighted by Gasteiger charge is -2.14. The Balaban J connectivity index is 1.56. The molecule has 6 heteroatoms. The Morgan fingerprint density at radius 1 is 1.12 bits per heavy atom. The van der Waals surface area contributed by atoms with E-state index in [9.17, 15) is 4.79 Å². The van der Waals surface area contributed by atoms with E-state index < -0.39 is 0 Å². The number of nitrogens with zero attached hydrogens (tertiary/aromatic N) is 4. The molecular weight excluding hydrogens is 326 g/mol. The summed E-state index contributed by atoms with van der Waals surface area (Å²) in [5, 5.41) is 7.73. The third-order valence-corrected chi connectivity index (χ3v) is 4.79. The van der Waals surface area contributed by atoms with Gasteiger partial charge >= 0.3 is 0 Å². The van der Waals surface area contributed by atoms with E-state index in [1.165, 1.54) is 12.8 Å². The minimum absolute atomic E-state index is 0.140. The molecule has 0 saturated heterocycles. The number of carbonyl (C=O) groups is 1.